The van der Waals surface area contributed by atoms with Crippen LogP contribution >= 0.6 is 0 Å². The van der Waals surface area contributed by atoms with Crippen molar-refractivity contribution < 1.29 is 9.32 Å². The van der Waals surface area contributed by atoms with Crippen LogP contribution in [0.3, 0.4) is 0 Å². The summed E-state index contributed by atoms with van der Waals surface area (Å²) in [7, 11) is 0. The zero-order chi connectivity index (χ0) is 16.8. The Labute approximate surface area is 141 Å². The largest absolute Gasteiger partial charge is 0.356 e. The Balaban J connectivity index is 1.46. The van der Waals surface area contributed by atoms with E-state index in [-0.39, 0.29) is 11.3 Å². The predicted octanol–water partition coefficient (Wildman–Crippen LogP) is 1.57. The topological polar surface area (TPSA) is 92.9 Å². The summed E-state index contributed by atoms with van der Waals surface area (Å²) in [5.74, 6) is 1.03. The molecule has 2 aromatic rings. The van der Waals surface area contributed by atoms with Crippen LogP contribution in [0.5, 0.6) is 0 Å². The highest BCUT2D eigenvalue weighted by Gasteiger charge is 2.26. The van der Waals surface area contributed by atoms with E-state index in [0.717, 1.165) is 38.0 Å². The Morgan fingerprint density at radius 2 is 2.08 bits per heavy atom. The minimum Gasteiger partial charge on any atom is -0.356 e. The van der Waals surface area contributed by atoms with Crippen LogP contribution in [-0.4, -0.2) is 40.7 Å². The maximum absolute atomic E-state index is 12.1. The fraction of sp³-hybridized carbons (Fsp3) is 0.529. The molecular formula is C17H23N5O2. The van der Waals surface area contributed by atoms with Gasteiger partial charge < -0.3 is 15.2 Å². The number of carbonyl (C=O) groups excluding carboxylic acids is 1. The first-order valence-corrected chi connectivity index (χ1v) is 8.35. The third-order valence-electron chi connectivity index (χ3n) is 4.50. The molecule has 3 heterocycles. The molecule has 0 spiro atoms. The number of piperidine rings is 1. The normalized spacial score (nSPS) is 16.7. The molecule has 1 amide bonds. The molecule has 3 rings (SSSR count). The lowest BCUT2D eigenvalue weighted by Crippen LogP contribution is -2.42. The highest BCUT2D eigenvalue weighted by atomic mass is 16.5. The van der Waals surface area contributed by atoms with E-state index in [1.165, 1.54) is 0 Å². The summed E-state index contributed by atoms with van der Waals surface area (Å²) in [5.41, 5.74) is 1.04. The SMILES string of the molecule is CC1(CNC(=O)CCc2nc(-c3ccncc3)no2)CCNCC1. The summed E-state index contributed by atoms with van der Waals surface area (Å²) >= 11 is 0. The lowest BCUT2D eigenvalue weighted by Gasteiger charge is -2.34. The zero-order valence-electron chi connectivity index (χ0n) is 13.9. The Kier molecular flexibility index (Phi) is 5.20. The summed E-state index contributed by atoms with van der Waals surface area (Å²) in [6, 6.07) is 3.64. The lowest BCUT2D eigenvalue weighted by molar-refractivity contribution is -0.121. The van der Waals surface area contributed by atoms with Crippen molar-refractivity contribution in [2.45, 2.75) is 32.6 Å². The summed E-state index contributed by atoms with van der Waals surface area (Å²) in [6.07, 6.45) is 6.34. The van der Waals surface area contributed by atoms with Crippen LogP contribution in [0.25, 0.3) is 11.4 Å². The fourth-order valence-electron chi connectivity index (χ4n) is 2.80. The van der Waals surface area contributed by atoms with E-state index in [4.69, 9.17) is 4.52 Å². The lowest BCUT2D eigenvalue weighted by atomic mass is 9.81. The van der Waals surface area contributed by atoms with E-state index >= 15 is 0 Å². The smallest absolute Gasteiger partial charge is 0.227 e. The number of amides is 1. The third kappa shape index (κ3) is 4.38. The van der Waals surface area contributed by atoms with Crippen molar-refractivity contribution in [3.8, 4) is 11.4 Å². The van der Waals surface area contributed by atoms with E-state index < -0.39 is 0 Å². The van der Waals surface area contributed by atoms with Crippen LogP contribution in [0.15, 0.2) is 29.0 Å². The molecule has 1 aliphatic rings. The standard InChI is InChI=1S/C17H23N5O2/c1-17(6-10-19-11-7-17)12-20-14(23)2-3-15-21-16(22-24-15)13-4-8-18-9-5-13/h4-5,8-9,19H,2-3,6-7,10-12H2,1H3,(H,20,23). The van der Waals surface area contributed by atoms with Crippen molar-refractivity contribution in [3.05, 3.63) is 30.4 Å². The number of rotatable bonds is 6. The first-order valence-electron chi connectivity index (χ1n) is 8.35. The van der Waals surface area contributed by atoms with Crippen molar-refractivity contribution in [2.75, 3.05) is 19.6 Å². The quantitative estimate of drug-likeness (QED) is 0.835. The van der Waals surface area contributed by atoms with Crippen LogP contribution < -0.4 is 10.6 Å². The van der Waals surface area contributed by atoms with Gasteiger partial charge in [-0.3, -0.25) is 9.78 Å². The number of hydrogen-bond donors (Lipinski definition) is 2. The van der Waals surface area contributed by atoms with Gasteiger partial charge in [0.05, 0.1) is 0 Å². The average molecular weight is 329 g/mol. The second-order valence-electron chi connectivity index (χ2n) is 6.59. The van der Waals surface area contributed by atoms with Crippen molar-refractivity contribution in [1.82, 2.24) is 25.8 Å². The number of hydrogen-bond acceptors (Lipinski definition) is 6. The molecule has 128 valence electrons. The number of aryl methyl sites for hydroxylation is 1. The molecule has 0 bridgehead atoms. The third-order valence-corrected chi connectivity index (χ3v) is 4.50. The summed E-state index contributed by atoms with van der Waals surface area (Å²) < 4.78 is 5.21. The fourth-order valence-corrected chi connectivity index (χ4v) is 2.80. The zero-order valence-corrected chi connectivity index (χ0v) is 13.9. The first-order chi connectivity index (χ1) is 11.6. The van der Waals surface area contributed by atoms with E-state index in [9.17, 15) is 4.79 Å². The second kappa shape index (κ2) is 7.53. The minimum atomic E-state index is 0.0263. The van der Waals surface area contributed by atoms with Gasteiger partial charge in [-0.15, -0.1) is 0 Å². The van der Waals surface area contributed by atoms with Crippen LogP contribution in [0.2, 0.25) is 0 Å². The maximum atomic E-state index is 12.1. The molecule has 1 aliphatic heterocycles. The highest BCUT2D eigenvalue weighted by molar-refractivity contribution is 5.76. The van der Waals surface area contributed by atoms with Gasteiger partial charge in [0.15, 0.2) is 0 Å². The van der Waals surface area contributed by atoms with Gasteiger partial charge in [-0.05, 0) is 43.5 Å². The molecule has 0 aliphatic carbocycles. The number of pyridine rings is 1. The van der Waals surface area contributed by atoms with E-state index in [1.807, 2.05) is 12.1 Å². The Morgan fingerprint density at radius 3 is 2.83 bits per heavy atom. The molecule has 2 aromatic heterocycles. The Bertz CT molecular complexity index is 665. The van der Waals surface area contributed by atoms with Gasteiger partial charge in [-0.2, -0.15) is 4.98 Å². The number of nitrogens with zero attached hydrogens (tertiary/aromatic N) is 3. The Morgan fingerprint density at radius 1 is 1.33 bits per heavy atom. The molecule has 0 aromatic carbocycles. The Hall–Kier alpha value is -2.28. The van der Waals surface area contributed by atoms with E-state index in [0.29, 0.717) is 24.6 Å². The van der Waals surface area contributed by atoms with Crippen LogP contribution in [0.4, 0.5) is 0 Å². The summed E-state index contributed by atoms with van der Waals surface area (Å²) in [5, 5.41) is 10.3. The number of carbonyl (C=O) groups is 1. The van der Waals surface area contributed by atoms with E-state index in [1.54, 1.807) is 12.4 Å². The molecule has 1 saturated heterocycles. The molecule has 7 nitrogen and oxygen atoms in total. The van der Waals surface area contributed by atoms with Crippen molar-refractivity contribution in [2.24, 2.45) is 5.41 Å². The van der Waals surface area contributed by atoms with Gasteiger partial charge >= 0.3 is 0 Å². The highest BCUT2D eigenvalue weighted by Crippen LogP contribution is 2.26. The van der Waals surface area contributed by atoms with Gasteiger partial charge in [0.2, 0.25) is 17.6 Å². The minimum absolute atomic E-state index is 0.0263. The van der Waals surface area contributed by atoms with Gasteiger partial charge in [0.1, 0.15) is 0 Å². The molecule has 1 fully saturated rings. The van der Waals surface area contributed by atoms with Crippen molar-refractivity contribution in [3.63, 3.8) is 0 Å². The van der Waals surface area contributed by atoms with Gasteiger partial charge in [-0.25, -0.2) is 0 Å². The molecule has 7 heteroatoms. The second-order valence-corrected chi connectivity index (χ2v) is 6.59. The van der Waals surface area contributed by atoms with Crippen LogP contribution in [0.1, 0.15) is 32.1 Å². The van der Waals surface area contributed by atoms with Crippen LogP contribution in [0, 0.1) is 5.41 Å². The van der Waals surface area contributed by atoms with E-state index in [2.05, 4.69) is 32.7 Å². The number of nitrogens with one attached hydrogen (secondary N) is 2. The number of aromatic nitrogens is 3. The monoisotopic (exact) mass is 329 g/mol. The molecule has 0 radical (unpaired) electrons. The van der Waals surface area contributed by atoms with Gasteiger partial charge in [0.25, 0.3) is 0 Å². The van der Waals surface area contributed by atoms with Gasteiger partial charge in [0, 0.05) is 37.3 Å². The molecule has 0 atom stereocenters. The molecule has 0 unspecified atom stereocenters. The maximum Gasteiger partial charge on any atom is 0.227 e. The van der Waals surface area contributed by atoms with Crippen LogP contribution in [-0.2, 0) is 11.2 Å². The van der Waals surface area contributed by atoms with Crippen molar-refractivity contribution in [1.29, 1.82) is 0 Å². The summed E-state index contributed by atoms with van der Waals surface area (Å²) in [4.78, 5) is 20.3. The van der Waals surface area contributed by atoms with Gasteiger partial charge in [-0.1, -0.05) is 12.1 Å². The predicted molar refractivity (Wildman–Crippen MR) is 89.1 cm³/mol. The average Bonchev–Trinajstić information content (AvgIpc) is 3.09. The summed E-state index contributed by atoms with van der Waals surface area (Å²) in [6.45, 7) is 4.99. The van der Waals surface area contributed by atoms with Crippen molar-refractivity contribution >= 4 is 5.91 Å². The molecular weight excluding hydrogens is 306 g/mol. The molecule has 2 N–H and O–H groups in total. The molecule has 0 saturated carbocycles. The first kappa shape index (κ1) is 16.6. The molecule has 24 heavy (non-hydrogen) atoms.